The number of hydrogen-bond acceptors (Lipinski definition) is 5. The summed E-state index contributed by atoms with van der Waals surface area (Å²) in [6.45, 7) is 3.06. The molecule has 1 saturated heterocycles. The highest BCUT2D eigenvalue weighted by atomic mass is 16.5. The van der Waals surface area contributed by atoms with Crippen LogP contribution < -0.4 is 5.56 Å². The van der Waals surface area contributed by atoms with E-state index in [-0.39, 0.29) is 37.5 Å². The van der Waals surface area contributed by atoms with Crippen molar-refractivity contribution in [2.75, 3.05) is 19.8 Å². The number of nitrogens with zero attached hydrogens (tertiary/aromatic N) is 3. The number of carbonyl (C=O) groups excluding carboxylic acids is 1. The molecule has 1 unspecified atom stereocenters. The molecule has 8 nitrogen and oxygen atoms in total. The van der Waals surface area contributed by atoms with Gasteiger partial charge in [-0.2, -0.15) is 0 Å². The molecule has 1 N–H and O–H groups in total. The van der Waals surface area contributed by atoms with Crippen LogP contribution in [0, 0.1) is 6.92 Å². The average molecular weight is 359 g/mol. The zero-order valence-electron chi connectivity index (χ0n) is 14.6. The number of fused-ring (bicyclic) bond motifs is 1. The first-order valence-electron chi connectivity index (χ1n) is 8.51. The fraction of sp³-hybridized carbons (Fsp3) is 0.444. The van der Waals surface area contributed by atoms with Gasteiger partial charge in [0, 0.05) is 19.5 Å². The van der Waals surface area contributed by atoms with Crippen molar-refractivity contribution in [3.8, 4) is 0 Å². The Bertz CT molecular complexity index is 892. The maximum absolute atomic E-state index is 12.6. The average Bonchev–Trinajstić information content (AvgIpc) is 2.61. The molecule has 1 aromatic carbocycles. The van der Waals surface area contributed by atoms with Crippen LogP contribution in [0.5, 0.6) is 0 Å². The number of benzene rings is 1. The van der Waals surface area contributed by atoms with Crippen molar-refractivity contribution in [2.45, 2.75) is 32.4 Å². The van der Waals surface area contributed by atoms with E-state index in [1.54, 1.807) is 17.0 Å². The lowest BCUT2D eigenvalue weighted by molar-refractivity contribution is -0.146. The van der Waals surface area contributed by atoms with E-state index in [1.165, 1.54) is 10.9 Å². The Morgan fingerprint density at radius 2 is 2.19 bits per heavy atom. The summed E-state index contributed by atoms with van der Waals surface area (Å²) >= 11 is 0. The van der Waals surface area contributed by atoms with E-state index >= 15 is 0 Å². The molecule has 26 heavy (non-hydrogen) atoms. The number of morpholine rings is 1. The predicted octanol–water partition coefficient (Wildman–Crippen LogP) is 0.797. The monoisotopic (exact) mass is 359 g/mol. The molecule has 138 valence electrons. The van der Waals surface area contributed by atoms with Gasteiger partial charge in [-0.25, -0.2) is 4.98 Å². The third-order valence-corrected chi connectivity index (χ3v) is 4.58. The summed E-state index contributed by atoms with van der Waals surface area (Å²) in [7, 11) is 0. The molecule has 8 heteroatoms. The van der Waals surface area contributed by atoms with E-state index in [0.29, 0.717) is 24.1 Å². The summed E-state index contributed by atoms with van der Waals surface area (Å²) < 4.78 is 6.71. The minimum Gasteiger partial charge on any atom is -0.481 e. The number of amides is 1. The Balaban J connectivity index is 1.73. The standard InChI is InChI=1S/C18H21N3O5/c1-12-3-2-4-14-17(12)19-11-20(18(14)25)6-5-15(22)21-7-8-26-10-13(21)9-16(23)24/h2-4,11,13H,5-10H2,1H3,(H,23,24). The number of rotatable bonds is 5. The van der Waals surface area contributed by atoms with E-state index in [9.17, 15) is 14.4 Å². The van der Waals surface area contributed by atoms with Crippen LogP contribution in [0.25, 0.3) is 10.9 Å². The van der Waals surface area contributed by atoms with Gasteiger partial charge < -0.3 is 14.7 Å². The molecular weight excluding hydrogens is 338 g/mol. The molecule has 1 aliphatic heterocycles. The fourth-order valence-corrected chi connectivity index (χ4v) is 3.21. The van der Waals surface area contributed by atoms with Gasteiger partial charge in [0.05, 0.1) is 42.9 Å². The maximum Gasteiger partial charge on any atom is 0.305 e. The van der Waals surface area contributed by atoms with Crippen LogP contribution in [-0.2, 0) is 20.9 Å². The molecule has 0 radical (unpaired) electrons. The number of ether oxygens (including phenoxy) is 1. The lowest BCUT2D eigenvalue weighted by atomic mass is 10.1. The lowest BCUT2D eigenvalue weighted by Crippen LogP contribution is -2.49. The maximum atomic E-state index is 12.6. The zero-order chi connectivity index (χ0) is 18.7. The van der Waals surface area contributed by atoms with Gasteiger partial charge in [-0.15, -0.1) is 0 Å². The van der Waals surface area contributed by atoms with Gasteiger partial charge in [-0.05, 0) is 18.6 Å². The smallest absolute Gasteiger partial charge is 0.305 e. The molecule has 1 aliphatic rings. The topological polar surface area (TPSA) is 102 Å². The first-order chi connectivity index (χ1) is 12.5. The van der Waals surface area contributed by atoms with Gasteiger partial charge in [0.1, 0.15) is 0 Å². The van der Waals surface area contributed by atoms with Gasteiger partial charge in [0.2, 0.25) is 5.91 Å². The van der Waals surface area contributed by atoms with Gasteiger partial charge >= 0.3 is 5.97 Å². The number of aliphatic carboxylic acids is 1. The Labute approximate surface area is 150 Å². The summed E-state index contributed by atoms with van der Waals surface area (Å²) in [4.78, 5) is 41.9. The predicted molar refractivity (Wildman–Crippen MR) is 93.9 cm³/mol. The summed E-state index contributed by atoms with van der Waals surface area (Å²) in [6.07, 6.45) is 1.41. The largest absolute Gasteiger partial charge is 0.481 e. The quantitative estimate of drug-likeness (QED) is 0.847. The van der Waals surface area contributed by atoms with Crippen molar-refractivity contribution in [2.24, 2.45) is 0 Å². The van der Waals surface area contributed by atoms with E-state index in [1.807, 2.05) is 13.0 Å². The number of aryl methyl sites for hydroxylation is 2. The van der Waals surface area contributed by atoms with Crippen LogP contribution in [0.2, 0.25) is 0 Å². The van der Waals surface area contributed by atoms with Crippen molar-refractivity contribution in [1.29, 1.82) is 0 Å². The van der Waals surface area contributed by atoms with Crippen LogP contribution in [0.3, 0.4) is 0 Å². The van der Waals surface area contributed by atoms with Gasteiger partial charge in [-0.1, -0.05) is 12.1 Å². The highest BCUT2D eigenvalue weighted by Gasteiger charge is 2.28. The zero-order valence-corrected chi connectivity index (χ0v) is 14.6. The minimum absolute atomic E-state index is 0.106. The summed E-state index contributed by atoms with van der Waals surface area (Å²) in [5.74, 6) is -1.15. The number of carbonyl (C=O) groups is 2. The number of carboxylic acid groups (broad SMARTS) is 1. The van der Waals surface area contributed by atoms with Crippen molar-refractivity contribution in [1.82, 2.24) is 14.5 Å². The number of carboxylic acids is 1. The van der Waals surface area contributed by atoms with Gasteiger partial charge in [0.25, 0.3) is 5.56 Å². The Morgan fingerprint density at radius 3 is 2.96 bits per heavy atom. The number of para-hydroxylation sites is 1. The summed E-state index contributed by atoms with van der Waals surface area (Å²) in [5, 5.41) is 9.51. The molecule has 1 aromatic heterocycles. The minimum atomic E-state index is -0.969. The second-order valence-corrected chi connectivity index (χ2v) is 6.38. The van der Waals surface area contributed by atoms with Gasteiger partial charge in [0.15, 0.2) is 0 Å². The number of hydrogen-bond donors (Lipinski definition) is 1. The normalized spacial score (nSPS) is 17.4. The van der Waals surface area contributed by atoms with E-state index in [4.69, 9.17) is 9.84 Å². The third-order valence-electron chi connectivity index (χ3n) is 4.58. The molecule has 1 fully saturated rings. The SMILES string of the molecule is Cc1cccc2c(=O)n(CCC(=O)N3CCOCC3CC(=O)O)cnc12. The molecule has 2 aromatic rings. The van der Waals surface area contributed by atoms with Crippen LogP contribution in [0.1, 0.15) is 18.4 Å². The lowest BCUT2D eigenvalue weighted by Gasteiger charge is -2.35. The Kier molecular flexibility index (Phi) is 5.32. The molecule has 1 atom stereocenters. The van der Waals surface area contributed by atoms with E-state index in [0.717, 1.165) is 5.56 Å². The van der Waals surface area contributed by atoms with Crippen LogP contribution in [0.4, 0.5) is 0 Å². The summed E-state index contributed by atoms with van der Waals surface area (Å²) in [5.41, 5.74) is 1.40. The highest BCUT2D eigenvalue weighted by molar-refractivity contribution is 5.80. The number of aromatic nitrogens is 2. The first kappa shape index (κ1) is 18.1. The van der Waals surface area contributed by atoms with Crippen LogP contribution in [-0.4, -0.2) is 57.2 Å². The van der Waals surface area contributed by atoms with Crippen molar-refractivity contribution < 1.29 is 19.4 Å². The van der Waals surface area contributed by atoms with E-state index < -0.39 is 12.0 Å². The second-order valence-electron chi connectivity index (χ2n) is 6.38. The second kappa shape index (κ2) is 7.65. The fourth-order valence-electron chi connectivity index (χ4n) is 3.21. The van der Waals surface area contributed by atoms with Crippen molar-refractivity contribution in [3.63, 3.8) is 0 Å². The van der Waals surface area contributed by atoms with Crippen LogP contribution >= 0.6 is 0 Å². The Morgan fingerprint density at radius 1 is 1.38 bits per heavy atom. The molecule has 3 rings (SSSR count). The van der Waals surface area contributed by atoms with Crippen LogP contribution in [0.15, 0.2) is 29.3 Å². The molecule has 0 aliphatic carbocycles. The van der Waals surface area contributed by atoms with Gasteiger partial charge in [-0.3, -0.25) is 19.0 Å². The highest BCUT2D eigenvalue weighted by Crippen LogP contribution is 2.14. The molecule has 0 saturated carbocycles. The molecular formula is C18H21N3O5. The molecule has 2 heterocycles. The summed E-state index contributed by atoms with van der Waals surface area (Å²) in [6, 6.07) is 4.95. The van der Waals surface area contributed by atoms with E-state index in [2.05, 4.69) is 4.98 Å². The van der Waals surface area contributed by atoms with Crippen molar-refractivity contribution in [3.05, 3.63) is 40.4 Å². The Hall–Kier alpha value is -2.74. The third kappa shape index (κ3) is 3.75. The first-order valence-corrected chi connectivity index (χ1v) is 8.51. The molecule has 1 amide bonds. The molecule has 0 spiro atoms. The molecule has 0 bridgehead atoms. The van der Waals surface area contributed by atoms with Crippen molar-refractivity contribution >= 4 is 22.8 Å².